The lowest BCUT2D eigenvalue weighted by Gasteiger charge is -2.27. The van der Waals surface area contributed by atoms with Gasteiger partial charge in [0.05, 0.1) is 12.6 Å². The highest BCUT2D eigenvalue weighted by atomic mass is 16.8. The number of fused-ring (bicyclic) bond motifs is 1. The van der Waals surface area contributed by atoms with Gasteiger partial charge >= 0.3 is 5.97 Å². The van der Waals surface area contributed by atoms with Crippen LogP contribution in [0.1, 0.15) is 20.8 Å². The number of rotatable bonds is 4. The van der Waals surface area contributed by atoms with E-state index in [-0.39, 0.29) is 0 Å². The summed E-state index contributed by atoms with van der Waals surface area (Å²) < 4.78 is 22.0. The van der Waals surface area contributed by atoms with Gasteiger partial charge in [0.2, 0.25) is 0 Å². The second kappa shape index (κ2) is 5.55. The second-order valence-corrected chi connectivity index (χ2v) is 5.10. The first-order valence-electron chi connectivity index (χ1n) is 6.21. The lowest BCUT2D eigenvalue weighted by molar-refractivity contribution is -0.221. The topological polar surface area (TPSA) is 123 Å². The van der Waals surface area contributed by atoms with Crippen molar-refractivity contribution in [1.29, 1.82) is 0 Å². The van der Waals surface area contributed by atoms with Crippen molar-refractivity contribution in [2.75, 3.05) is 6.61 Å². The number of hydrogen-bond acceptors (Lipinski definition) is 7. The highest BCUT2D eigenvalue weighted by Gasteiger charge is 2.57. The number of hydrogen-bond donors (Lipinski definition) is 1. The maximum absolute atomic E-state index is 11.2. The van der Waals surface area contributed by atoms with Gasteiger partial charge in [0.15, 0.2) is 24.3 Å². The van der Waals surface area contributed by atoms with E-state index in [0.717, 1.165) is 0 Å². The summed E-state index contributed by atoms with van der Waals surface area (Å²) in [6, 6.07) is -0.884. The fourth-order valence-electron chi connectivity index (χ4n) is 2.41. The average Bonchev–Trinajstić information content (AvgIpc) is 2.80. The molecule has 5 atom stereocenters. The molecule has 0 saturated carbocycles. The molecular formula is C11H17N3O6. The number of carbonyl (C=O) groups is 1. The van der Waals surface area contributed by atoms with Crippen LogP contribution in [0, 0.1) is 0 Å². The van der Waals surface area contributed by atoms with E-state index in [9.17, 15) is 9.90 Å². The van der Waals surface area contributed by atoms with E-state index in [4.69, 9.17) is 24.5 Å². The molecule has 2 aliphatic heterocycles. The van der Waals surface area contributed by atoms with E-state index in [1.807, 2.05) is 0 Å². The Balaban J connectivity index is 2.21. The van der Waals surface area contributed by atoms with Crippen LogP contribution in [0.4, 0.5) is 0 Å². The predicted molar refractivity (Wildman–Crippen MR) is 64.3 cm³/mol. The summed E-state index contributed by atoms with van der Waals surface area (Å²) in [6.45, 7) is 4.25. The number of aliphatic hydroxyl groups excluding tert-OH is 1. The zero-order valence-corrected chi connectivity index (χ0v) is 11.4. The van der Waals surface area contributed by atoms with Crippen LogP contribution in [0.5, 0.6) is 0 Å². The minimum absolute atomic E-state index is 0.435. The summed E-state index contributed by atoms with van der Waals surface area (Å²) in [5.41, 5.74) is 8.50. The molecule has 0 aromatic carbocycles. The number of ether oxygens (including phenoxy) is 4. The van der Waals surface area contributed by atoms with E-state index >= 15 is 0 Å². The summed E-state index contributed by atoms with van der Waals surface area (Å²) in [5.74, 6) is -1.37. The Morgan fingerprint density at radius 1 is 1.55 bits per heavy atom. The van der Waals surface area contributed by atoms with Gasteiger partial charge in [0.1, 0.15) is 6.10 Å². The van der Waals surface area contributed by atoms with E-state index in [0.29, 0.717) is 0 Å². The van der Waals surface area contributed by atoms with Crippen molar-refractivity contribution in [3.63, 3.8) is 0 Å². The molecular weight excluding hydrogens is 270 g/mol. The fourth-order valence-corrected chi connectivity index (χ4v) is 2.41. The molecule has 0 radical (unpaired) electrons. The maximum atomic E-state index is 11.2. The van der Waals surface area contributed by atoms with Crippen molar-refractivity contribution in [1.82, 2.24) is 0 Å². The van der Waals surface area contributed by atoms with Gasteiger partial charge in [-0.1, -0.05) is 5.11 Å². The molecule has 0 amide bonds. The van der Waals surface area contributed by atoms with Gasteiger partial charge in [0, 0.05) is 11.8 Å². The number of aliphatic hydroxyl groups is 1. The van der Waals surface area contributed by atoms with Crippen molar-refractivity contribution in [2.24, 2.45) is 5.11 Å². The first-order chi connectivity index (χ1) is 9.38. The van der Waals surface area contributed by atoms with E-state index in [1.165, 1.54) is 6.92 Å². The number of carbonyl (C=O) groups excluding carboxylic acids is 1. The monoisotopic (exact) mass is 287 g/mol. The maximum Gasteiger partial charge on any atom is 0.303 e. The van der Waals surface area contributed by atoms with Crippen LogP contribution in [0.3, 0.4) is 0 Å². The van der Waals surface area contributed by atoms with Gasteiger partial charge in [-0.15, -0.1) is 0 Å². The highest BCUT2D eigenvalue weighted by Crippen LogP contribution is 2.40. The van der Waals surface area contributed by atoms with Crippen molar-refractivity contribution in [2.45, 2.75) is 57.2 Å². The number of esters is 1. The molecule has 2 saturated heterocycles. The third kappa shape index (κ3) is 2.87. The Morgan fingerprint density at radius 3 is 2.80 bits per heavy atom. The summed E-state index contributed by atoms with van der Waals surface area (Å²) in [5, 5.41) is 12.7. The molecule has 2 rings (SSSR count). The van der Waals surface area contributed by atoms with Crippen molar-refractivity contribution >= 4 is 5.97 Å². The fraction of sp³-hybridized carbons (Fsp3) is 0.909. The molecule has 2 heterocycles. The van der Waals surface area contributed by atoms with Crippen LogP contribution in [0.25, 0.3) is 10.4 Å². The quantitative estimate of drug-likeness (QED) is 0.347. The molecule has 112 valence electrons. The Kier molecular flexibility index (Phi) is 4.17. The molecule has 0 aromatic heterocycles. The summed E-state index contributed by atoms with van der Waals surface area (Å²) >= 11 is 0. The Hall–Kier alpha value is -1.38. The minimum Gasteiger partial charge on any atom is -0.457 e. The van der Waals surface area contributed by atoms with Crippen LogP contribution in [0.2, 0.25) is 0 Å². The highest BCUT2D eigenvalue weighted by molar-refractivity contribution is 5.66. The smallest absolute Gasteiger partial charge is 0.303 e. The Bertz CT molecular complexity index is 436. The van der Waals surface area contributed by atoms with Crippen LogP contribution >= 0.6 is 0 Å². The van der Waals surface area contributed by atoms with Gasteiger partial charge in [-0.2, -0.15) is 0 Å². The van der Waals surface area contributed by atoms with Crippen molar-refractivity contribution in [3.05, 3.63) is 10.4 Å². The third-order valence-corrected chi connectivity index (χ3v) is 3.10. The molecule has 0 aliphatic carbocycles. The largest absolute Gasteiger partial charge is 0.457 e. The minimum atomic E-state index is -0.884. The Morgan fingerprint density at radius 2 is 2.25 bits per heavy atom. The summed E-state index contributed by atoms with van der Waals surface area (Å²) in [4.78, 5) is 13.9. The van der Waals surface area contributed by atoms with Gasteiger partial charge in [-0.25, -0.2) is 0 Å². The predicted octanol–water partition coefficient (Wildman–Crippen LogP) is 0.466. The molecule has 9 nitrogen and oxygen atoms in total. The molecule has 20 heavy (non-hydrogen) atoms. The molecule has 2 aliphatic rings. The number of azide groups is 1. The number of nitrogens with zero attached hydrogens (tertiary/aromatic N) is 3. The molecule has 0 spiro atoms. The summed E-state index contributed by atoms with van der Waals surface area (Å²) in [6.07, 6.45) is -2.98. The third-order valence-electron chi connectivity index (χ3n) is 3.10. The van der Waals surface area contributed by atoms with Crippen LogP contribution < -0.4 is 0 Å². The van der Waals surface area contributed by atoms with E-state index in [2.05, 4.69) is 10.0 Å². The summed E-state index contributed by atoms with van der Waals surface area (Å²) in [7, 11) is 0. The van der Waals surface area contributed by atoms with Crippen LogP contribution in [0.15, 0.2) is 5.11 Å². The molecule has 1 N–H and O–H groups in total. The van der Waals surface area contributed by atoms with Crippen molar-refractivity contribution < 1.29 is 28.8 Å². The first-order valence-corrected chi connectivity index (χ1v) is 6.21. The molecule has 9 heteroatoms. The normalized spacial score (nSPS) is 36.0. The zero-order chi connectivity index (χ0) is 14.9. The van der Waals surface area contributed by atoms with Crippen LogP contribution in [-0.4, -0.2) is 54.1 Å². The lowest BCUT2D eigenvalue weighted by atomic mass is 10.0. The van der Waals surface area contributed by atoms with Gasteiger partial charge < -0.3 is 24.1 Å². The Labute approximate surface area is 115 Å². The van der Waals surface area contributed by atoms with Crippen molar-refractivity contribution in [3.8, 4) is 0 Å². The zero-order valence-electron chi connectivity index (χ0n) is 11.4. The van der Waals surface area contributed by atoms with E-state index < -0.39 is 49.0 Å². The lowest BCUT2D eigenvalue weighted by Crippen LogP contribution is -2.44. The average molecular weight is 287 g/mol. The second-order valence-electron chi connectivity index (χ2n) is 5.10. The molecule has 0 unspecified atom stereocenters. The molecule has 0 bridgehead atoms. The van der Waals surface area contributed by atoms with E-state index in [1.54, 1.807) is 13.8 Å². The standard InChI is InChI=1S/C11H17N3O6/c1-5(16)17-8-7(6(4-15)13-14-12)18-10-9(8)19-11(2,3)20-10/h6-10,15H,4H2,1-3H3/t6-,7-,8+,9-,10-/m1/s1. The SMILES string of the molecule is CC(=O)O[C@@H]1[C@H]2OC(C)(C)O[C@H]2O[C@@H]1[C@@H](CO)N=[N+]=[N-]. The van der Waals surface area contributed by atoms with Gasteiger partial charge in [-0.3, -0.25) is 4.79 Å². The van der Waals surface area contributed by atoms with Gasteiger partial charge in [0.25, 0.3) is 0 Å². The van der Waals surface area contributed by atoms with Crippen LogP contribution in [-0.2, 0) is 23.7 Å². The molecule has 2 fully saturated rings. The first kappa shape index (κ1) is 15.0. The van der Waals surface area contributed by atoms with Gasteiger partial charge in [-0.05, 0) is 19.4 Å². The molecule has 0 aromatic rings.